The number of anilines is 1. The second-order valence-corrected chi connectivity index (χ2v) is 3.78. The van der Waals surface area contributed by atoms with Gasteiger partial charge in [0.2, 0.25) is 0 Å². The summed E-state index contributed by atoms with van der Waals surface area (Å²) in [7, 11) is 0. The molecule has 0 spiro atoms. The zero-order valence-electron chi connectivity index (χ0n) is 9.70. The molecule has 0 aliphatic heterocycles. The molecule has 1 aromatic rings. The molecule has 0 aromatic heterocycles. The fraction of sp³-hybridized carbons (Fsp3) is 0.462. The topological polar surface area (TPSA) is 59.0 Å². The average molecular weight is 218 g/mol. The third kappa shape index (κ3) is 3.82. The number of ether oxygens (including phenoxy) is 1. The summed E-state index contributed by atoms with van der Waals surface area (Å²) in [4.78, 5) is 0. The van der Waals surface area contributed by atoms with Crippen molar-refractivity contribution < 1.29 is 4.74 Å². The van der Waals surface area contributed by atoms with Crippen LogP contribution in [0.1, 0.15) is 38.2 Å². The van der Waals surface area contributed by atoms with Crippen LogP contribution < -0.4 is 10.5 Å². The molecule has 0 heterocycles. The van der Waals surface area contributed by atoms with E-state index < -0.39 is 0 Å². The third-order valence-electron chi connectivity index (χ3n) is 2.38. The van der Waals surface area contributed by atoms with Gasteiger partial charge in [-0.25, -0.2) is 0 Å². The van der Waals surface area contributed by atoms with Crippen LogP contribution in [0.3, 0.4) is 0 Å². The van der Waals surface area contributed by atoms with Gasteiger partial charge >= 0.3 is 0 Å². The number of nitriles is 1. The largest absolute Gasteiger partial charge is 0.492 e. The molecule has 3 heteroatoms. The van der Waals surface area contributed by atoms with Crippen LogP contribution >= 0.6 is 0 Å². The van der Waals surface area contributed by atoms with Gasteiger partial charge in [0.25, 0.3) is 0 Å². The van der Waals surface area contributed by atoms with Gasteiger partial charge in [-0.3, -0.25) is 0 Å². The van der Waals surface area contributed by atoms with Gasteiger partial charge in [-0.05, 0) is 24.6 Å². The number of nitrogens with zero attached hydrogens (tertiary/aromatic N) is 1. The molecule has 0 radical (unpaired) electrons. The van der Waals surface area contributed by atoms with Gasteiger partial charge in [0.05, 0.1) is 12.2 Å². The number of unbranched alkanes of at least 4 members (excludes halogenated alkanes) is 3. The molecule has 0 bridgehead atoms. The van der Waals surface area contributed by atoms with Crippen molar-refractivity contribution in [2.45, 2.75) is 32.6 Å². The highest BCUT2D eigenvalue weighted by molar-refractivity contribution is 5.53. The minimum atomic E-state index is 0.510. The summed E-state index contributed by atoms with van der Waals surface area (Å²) in [6.45, 7) is 2.84. The first-order valence-electron chi connectivity index (χ1n) is 5.70. The van der Waals surface area contributed by atoms with E-state index in [9.17, 15) is 0 Å². The first-order valence-corrected chi connectivity index (χ1v) is 5.70. The Kier molecular flexibility index (Phi) is 5.21. The van der Waals surface area contributed by atoms with Crippen molar-refractivity contribution in [1.29, 1.82) is 5.26 Å². The lowest BCUT2D eigenvalue weighted by Crippen LogP contribution is -1.99. The smallest absolute Gasteiger partial charge is 0.137 e. The molecule has 0 saturated carbocycles. The van der Waals surface area contributed by atoms with Gasteiger partial charge in [0, 0.05) is 5.69 Å². The Balaban J connectivity index is 2.45. The Labute approximate surface area is 96.8 Å². The number of rotatable bonds is 6. The molecular weight excluding hydrogens is 200 g/mol. The number of nitrogens with two attached hydrogens (primary N) is 1. The lowest BCUT2D eigenvalue weighted by atomic mass is 10.2. The minimum Gasteiger partial charge on any atom is -0.492 e. The highest BCUT2D eigenvalue weighted by Crippen LogP contribution is 2.20. The SMILES string of the molecule is CCCCCCOc1ccc(N)cc1C#N. The van der Waals surface area contributed by atoms with E-state index in [2.05, 4.69) is 13.0 Å². The van der Waals surface area contributed by atoms with E-state index in [0.29, 0.717) is 23.6 Å². The van der Waals surface area contributed by atoms with Crippen molar-refractivity contribution >= 4 is 5.69 Å². The first kappa shape index (κ1) is 12.4. The molecular formula is C13H18N2O. The Morgan fingerprint density at radius 2 is 2.12 bits per heavy atom. The van der Waals surface area contributed by atoms with Crippen LogP contribution in [0.5, 0.6) is 5.75 Å². The van der Waals surface area contributed by atoms with E-state index in [4.69, 9.17) is 15.7 Å². The molecule has 86 valence electrons. The lowest BCUT2D eigenvalue weighted by Gasteiger charge is -2.07. The number of nitrogen functional groups attached to an aromatic ring is 1. The van der Waals surface area contributed by atoms with Crippen LogP contribution in [0.2, 0.25) is 0 Å². The predicted octanol–water partition coefficient (Wildman–Crippen LogP) is 3.10. The third-order valence-corrected chi connectivity index (χ3v) is 2.38. The number of hydrogen-bond acceptors (Lipinski definition) is 3. The van der Waals surface area contributed by atoms with Crippen molar-refractivity contribution in [3.05, 3.63) is 23.8 Å². The summed E-state index contributed by atoms with van der Waals surface area (Å²) in [6.07, 6.45) is 4.65. The van der Waals surface area contributed by atoms with Crippen LogP contribution in [0.25, 0.3) is 0 Å². The van der Waals surface area contributed by atoms with Crippen molar-refractivity contribution in [1.82, 2.24) is 0 Å². The monoisotopic (exact) mass is 218 g/mol. The molecule has 1 rings (SSSR count). The summed E-state index contributed by atoms with van der Waals surface area (Å²) in [5, 5.41) is 8.90. The van der Waals surface area contributed by atoms with E-state index in [-0.39, 0.29) is 0 Å². The molecule has 0 atom stereocenters. The highest BCUT2D eigenvalue weighted by Gasteiger charge is 2.02. The zero-order chi connectivity index (χ0) is 11.8. The van der Waals surface area contributed by atoms with Crippen LogP contribution in [0.4, 0.5) is 5.69 Å². The second kappa shape index (κ2) is 6.73. The van der Waals surface area contributed by atoms with Gasteiger partial charge in [0.1, 0.15) is 11.8 Å². The van der Waals surface area contributed by atoms with Crippen molar-refractivity contribution in [2.24, 2.45) is 0 Å². The van der Waals surface area contributed by atoms with Gasteiger partial charge in [-0.1, -0.05) is 26.2 Å². The van der Waals surface area contributed by atoms with Gasteiger partial charge in [-0.2, -0.15) is 5.26 Å². The summed E-state index contributed by atoms with van der Waals surface area (Å²) < 4.78 is 5.55. The second-order valence-electron chi connectivity index (χ2n) is 3.78. The van der Waals surface area contributed by atoms with Crippen LogP contribution in [0.15, 0.2) is 18.2 Å². The van der Waals surface area contributed by atoms with Crippen molar-refractivity contribution in [2.75, 3.05) is 12.3 Å². The summed E-state index contributed by atoms with van der Waals surface area (Å²) >= 11 is 0. The zero-order valence-corrected chi connectivity index (χ0v) is 9.70. The van der Waals surface area contributed by atoms with Crippen molar-refractivity contribution in [3.8, 4) is 11.8 Å². The van der Waals surface area contributed by atoms with E-state index in [1.54, 1.807) is 18.2 Å². The maximum absolute atomic E-state index is 8.90. The first-order chi connectivity index (χ1) is 7.77. The van der Waals surface area contributed by atoms with Crippen LogP contribution in [0, 0.1) is 11.3 Å². The van der Waals surface area contributed by atoms with E-state index >= 15 is 0 Å². The predicted molar refractivity (Wildman–Crippen MR) is 65.2 cm³/mol. The average Bonchev–Trinajstić information content (AvgIpc) is 2.30. The molecule has 0 aliphatic rings. The Hall–Kier alpha value is -1.69. The van der Waals surface area contributed by atoms with Crippen molar-refractivity contribution in [3.63, 3.8) is 0 Å². The molecule has 0 amide bonds. The maximum atomic E-state index is 8.90. The van der Waals surface area contributed by atoms with Gasteiger partial charge < -0.3 is 10.5 Å². The summed E-state index contributed by atoms with van der Waals surface area (Å²) in [6, 6.07) is 7.23. The quantitative estimate of drug-likeness (QED) is 0.589. The standard InChI is InChI=1S/C13H18N2O/c1-2-3-4-5-8-16-13-7-6-12(15)9-11(13)10-14/h6-7,9H,2-5,8,15H2,1H3. The Bertz CT molecular complexity index is 369. The normalized spacial score (nSPS) is 9.75. The van der Waals surface area contributed by atoms with Gasteiger partial charge in [-0.15, -0.1) is 0 Å². The maximum Gasteiger partial charge on any atom is 0.137 e. The Morgan fingerprint density at radius 3 is 2.81 bits per heavy atom. The van der Waals surface area contributed by atoms with Crippen LogP contribution in [-0.4, -0.2) is 6.61 Å². The van der Waals surface area contributed by atoms with Crippen LogP contribution in [-0.2, 0) is 0 Å². The molecule has 0 aliphatic carbocycles. The number of benzene rings is 1. The number of hydrogen-bond donors (Lipinski definition) is 1. The fourth-order valence-electron chi connectivity index (χ4n) is 1.47. The highest BCUT2D eigenvalue weighted by atomic mass is 16.5. The fourth-order valence-corrected chi connectivity index (χ4v) is 1.47. The Morgan fingerprint density at radius 1 is 1.31 bits per heavy atom. The van der Waals surface area contributed by atoms with E-state index in [0.717, 1.165) is 6.42 Å². The molecule has 0 saturated heterocycles. The summed E-state index contributed by atoms with van der Waals surface area (Å²) in [5.74, 6) is 0.633. The lowest BCUT2D eigenvalue weighted by molar-refractivity contribution is 0.304. The molecule has 3 nitrogen and oxygen atoms in total. The molecule has 2 N–H and O–H groups in total. The van der Waals surface area contributed by atoms with Gasteiger partial charge in [0.15, 0.2) is 0 Å². The molecule has 0 fully saturated rings. The van der Waals surface area contributed by atoms with E-state index in [1.807, 2.05) is 0 Å². The molecule has 0 unspecified atom stereocenters. The minimum absolute atomic E-state index is 0.510. The summed E-state index contributed by atoms with van der Waals surface area (Å²) in [5.41, 5.74) is 6.69. The van der Waals surface area contributed by atoms with E-state index in [1.165, 1.54) is 19.3 Å². The molecule has 1 aromatic carbocycles. The molecule has 16 heavy (non-hydrogen) atoms.